The van der Waals surface area contributed by atoms with Gasteiger partial charge in [-0.2, -0.15) is 0 Å². The second-order valence-electron chi connectivity index (χ2n) is 8.03. The Morgan fingerprint density at radius 2 is 1.88 bits per heavy atom. The molecule has 1 saturated carbocycles. The number of hydrogen-bond donors (Lipinski definition) is 2. The number of hydrogen-bond acceptors (Lipinski definition) is 3. The van der Waals surface area contributed by atoms with Crippen molar-refractivity contribution >= 4 is 11.9 Å². The summed E-state index contributed by atoms with van der Waals surface area (Å²) in [6.07, 6.45) is 8.80. The third kappa shape index (κ3) is 6.45. The molecule has 0 aromatic heterocycles. The van der Waals surface area contributed by atoms with Crippen LogP contribution < -0.4 is 10.6 Å². The highest BCUT2D eigenvalue weighted by Crippen LogP contribution is 2.26. The van der Waals surface area contributed by atoms with Crippen LogP contribution in [0.5, 0.6) is 0 Å². The Hall–Kier alpha value is -1.30. The molecule has 0 bridgehead atoms. The first-order valence-electron chi connectivity index (χ1n) is 10.5. The van der Waals surface area contributed by atoms with Gasteiger partial charge < -0.3 is 15.5 Å². The summed E-state index contributed by atoms with van der Waals surface area (Å²) in [5.41, 5.74) is 0. The molecule has 2 aliphatic rings. The molecule has 6 nitrogen and oxygen atoms in total. The molecule has 6 heteroatoms. The van der Waals surface area contributed by atoms with Gasteiger partial charge in [0.2, 0.25) is 5.91 Å². The molecule has 1 atom stereocenters. The Kier molecular flexibility index (Phi) is 8.69. The second-order valence-corrected chi connectivity index (χ2v) is 8.03. The highest BCUT2D eigenvalue weighted by atomic mass is 16.2. The van der Waals surface area contributed by atoms with E-state index in [-0.39, 0.29) is 12.5 Å². The van der Waals surface area contributed by atoms with Crippen LogP contribution in [0.3, 0.4) is 0 Å². The van der Waals surface area contributed by atoms with Crippen molar-refractivity contribution in [1.82, 2.24) is 20.4 Å². The Bertz CT molecular complexity index is 457. The standard InChI is InChI=1S/C20H39N5O/c1-5-16-9-11-17(12-10-16)23-20(22-15-19(26)24(3)4)21-14-18-8-7-13-25(18)6-2/h16-18H,5-15H2,1-4H3,(H2,21,22,23). The molecule has 1 aliphatic carbocycles. The number of guanidine groups is 1. The van der Waals surface area contributed by atoms with Gasteiger partial charge in [0.15, 0.2) is 5.96 Å². The van der Waals surface area contributed by atoms with Crippen LogP contribution in [0, 0.1) is 5.92 Å². The first-order chi connectivity index (χ1) is 12.5. The normalized spacial score (nSPS) is 27.4. The monoisotopic (exact) mass is 365 g/mol. The number of nitrogens with one attached hydrogen (secondary N) is 2. The lowest BCUT2D eigenvalue weighted by molar-refractivity contribution is -0.127. The first-order valence-corrected chi connectivity index (χ1v) is 10.5. The minimum atomic E-state index is 0.0387. The van der Waals surface area contributed by atoms with Gasteiger partial charge in [-0.3, -0.25) is 9.69 Å². The molecule has 0 aromatic rings. The van der Waals surface area contributed by atoms with Gasteiger partial charge in [-0.25, -0.2) is 4.99 Å². The van der Waals surface area contributed by atoms with E-state index >= 15 is 0 Å². The maximum absolute atomic E-state index is 11.9. The van der Waals surface area contributed by atoms with E-state index in [2.05, 4.69) is 34.4 Å². The average Bonchev–Trinajstić information content (AvgIpc) is 3.11. The minimum absolute atomic E-state index is 0.0387. The molecule has 1 saturated heterocycles. The summed E-state index contributed by atoms with van der Waals surface area (Å²) in [6, 6.07) is 1.05. The van der Waals surface area contributed by atoms with Crippen molar-refractivity contribution in [3.05, 3.63) is 0 Å². The highest BCUT2D eigenvalue weighted by Gasteiger charge is 2.24. The lowest BCUT2D eigenvalue weighted by Crippen LogP contribution is -2.49. The Labute approximate surface area is 159 Å². The van der Waals surface area contributed by atoms with Crippen molar-refractivity contribution in [3.63, 3.8) is 0 Å². The number of aliphatic imine (C=N–C) groups is 1. The van der Waals surface area contributed by atoms with E-state index in [4.69, 9.17) is 0 Å². The van der Waals surface area contributed by atoms with E-state index in [9.17, 15) is 4.79 Å². The van der Waals surface area contributed by atoms with Crippen LogP contribution in [0.4, 0.5) is 0 Å². The van der Waals surface area contributed by atoms with Gasteiger partial charge in [0, 0.05) is 32.7 Å². The lowest BCUT2D eigenvalue weighted by Gasteiger charge is -2.30. The fourth-order valence-corrected chi connectivity index (χ4v) is 4.11. The van der Waals surface area contributed by atoms with Crippen LogP contribution in [0.1, 0.15) is 58.8 Å². The van der Waals surface area contributed by atoms with Gasteiger partial charge in [0.05, 0.1) is 0 Å². The summed E-state index contributed by atoms with van der Waals surface area (Å²) in [6.45, 7) is 7.93. The maximum atomic E-state index is 11.9. The summed E-state index contributed by atoms with van der Waals surface area (Å²) in [5.74, 6) is 1.73. The number of rotatable bonds is 7. The van der Waals surface area contributed by atoms with E-state index in [1.165, 1.54) is 51.5 Å². The quantitative estimate of drug-likeness (QED) is 0.536. The fourth-order valence-electron chi connectivity index (χ4n) is 4.11. The van der Waals surface area contributed by atoms with E-state index in [1.807, 2.05) is 0 Å². The Morgan fingerprint density at radius 3 is 2.50 bits per heavy atom. The number of nitrogens with zero attached hydrogens (tertiary/aromatic N) is 3. The van der Waals surface area contributed by atoms with Gasteiger partial charge >= 0.3 is 0 Å². The molecule has 0 radical (unpaired) electrons. The van der Waals surface area contributed by atoms with Crippen molar-refractivity contribution in [2.45, 2.75) is 70.9 Å². The van der Waals surface area contributed by atoms with E-state index in [0.717, 1.165) is 25.0 Å². The maximum Gasteiger partial charge on any atom is 0.243 e. The number of likely N-dealkylation sites (N-methyl/N-ethyl adjacent to an activating group) is 2. The highest BCUT2D eigenvalue weighted by molar-refractivity contribution is 5.85. The van der Waals surface area contributed by atoms with Crippen LogP contribution in [0.15, 0.2) is 4.99 Å². The number of carbonyl (C=O) groups excluding carboxylic acids is 1. The van der Waals surface area contributed by atoms with Gasteiger partial charge in [0.1, 0.15) is 6.54 Å². The van der Waals surface area contributed by atoms with Gasteiger partial charge in [-0.05, 0) is 57.5 Å². The van der Waals surface area contributed by atoms with Crippen LogP contribution in [-0.2, 0) is 4.79 Å². The Balaban J connectivity index is 1.90. The number of carbonyl (C=O) groups is 1. The van der Waals surface area contributed by atoms with Crippen molar-refractivity contribution < 1.29 is 4.79 Å². The second kappa shape index (κ2) is 10.8. The average molecular weight is 366 g/mol. The summed E-state index contributed by atoms with van der Waals surface area (Å²) < 4.78 is 0. The molecule has 1 unspecified atom stereocenters. The van der Waals surface area contributed by atoms with Gasteiger partial charge in [-0.1, -0.05) is 20.3 Å². The van der Waals surface area contributed by atoms with Crippen LogP contribution >= 0.6 is 0 Å². The van der Waals surface area contributed by atoms with Crippen molar-refractivity contribution in [2.75, 3.05) is 40.3 Å². The summed E-state index contributed by atoms with van der Waals surface area (Å²) >= 11 is 0. The molecule has 1 heterocycles. The summed E-state index contributed by atoms with van der Waals surface area (Å²) in [5, 5.41) is 7.12. The molecule has 2 fully saturated rings. The zero-order chi connectivity index (χ0) is 18.9. The number of amides is 1. The van der Waals surface area contributed by atoms with Crippen LogP contribution in [0.2, 0.25) is 0 Å². The molecule has 1 amide bonds. The van der Waals surface area contributed by atoms with Crippen molar-refractivity contribution in [1.29, 1.82) is 0 Å². The van der Waals surface area contributed by atoms with Gasteiger partial charge in [0.25, 0.3) is 0 Å². The van der Waals surface area contributed by atoms with Crippen LogP contribution in [-0.4, -0.2) is 74.0 Å². The Morgan fingerprint density at radius 1 is 1.15 bits per heavy atom. The minimum Gasteiger partial charge on any atom is -0.355 e. The van der Waals surface area contributed by atoms with Crippen LogP contribution in [0.25, 0.3) is 0 Å². The lowest BCUT2D eigenvalue weighted by atomic mass is 9.84. The van der Waals surface area contributed by atoms with E-state index in [0.29, 0.717) is 12.1 Å². The molecule has 0 aromatic carbocycles. The third-order valence-corrected chi connectivity index (χ3v) is 6.05. The number of likely N-dealkylation sites (tertiary alicyclic amines) is 1. The predicted molar refractivity (Wildman–Crippen MR) is 108 cm³/mol. The molecule has 26 heavy (non-hydrogen) atoms. The van der Waals surface area contributed by atoms with Crippen molar-refractivity contribution in [3.8, 4) is 0 Å². The first kappa shape index (κ1) is 21.0. The molecular formula is C20H39N5O. The zero-order valence-electron chi connectivity index (χ0n) is 17.3. The fraction of sp³-hybridized carbons (Fsp3) is 0.900. The SMILES string of the molecule is CCC1CCC(NC(=NCC(=O)N(C)C)NCC2CCCN2CC)CC1. The zero-order valence-corrected chi connectivity index (χ0v) is 17.3. The molecule has 0 spiro atoms. The summed E-state index contributed by atoms with van der Waals surface area (Å²) in [7, 11) is 3.56. The molecular weight excluding hydrogens is 326 g/mol. The third-order valence-electron chi connectivity index (χ3n) is 6.05. The molecule has 2 rings (SSSR count). The predicted octanol–water partition coefficient (Wildman–Crippen LogP) is 2.06. The van der Waals surface area contributed by atoms with E-state index in [1.54, 1.807) is 19.0 Å². The topological polar surface area (TPSA) is 60.0 Å². The van der Waals surface area contributed by atoms with E-state index < -0.39 is 0 Å². The molecule has 150 valence electrons. The summed E-state index contributed by atoms with van der Waals surface area (Å²) in [4.78, 5) is 20.6. The largest absolute Gasteiger partial charge is 0.355 e. The smallest absolute Gasteiger partial charge is 0.243 e. The molecule has 1 aliphatic heterocycles. The van der Waals surface area contributed by atoms with Crippen molar-refractivity contribution in [2.24, 2.45) is 10.9 Å². The molecule has 2 N–H and O–H groups in total. The van der Waals surface area contributed by atoms with Gasteiger partial charge in [-0.15, -0.1) is 0 Å².